The second-order valence-electron chi connectivity index (χ2n) is 4.35. The molecular formula is C11H23N5. The van der Waals surface area contributed by atoms with Gasteiger partial charge in [0.1, 0.15) is 0 Å². The Balaban J connectivity index is 2.72. The molecular weight excluding hydrogens is 202 g/mol. The van der Waals surface area contributed by atoms with Gasteiger partial charge in [-0.25, -0.2) is 4.68 Å². The monoisotopic (exact) mass is 225 g/mol. The van der Waals surface area contributed by atoms with Crippen molar-refractivity contribution in [2.45, 2.75) is 40.7 Å². The van der Waals surface area contributed by atoms with Gasteiger partial charge in [-0.05, 0) is 26.2 Å². The summed E-state index contributed by atoms with van der Waals surface area (Å²) in [6, 6.07) is 0. The van der Waals surface area contributed by atoms with Crippen LogP contribution in [0.4, 0.5) is 11.9 Å². The van der Waals surface area contributed by atoms with Crippen molar-refractivity contribution in [2.24, 2.45) is 5.92 Å². The predicted octanol–water partition coefficient (Wildman–Crippen LogP) is 1.75. The average Bonchev–Trinajstić information content (AvgIpc) is 2.59. The van der Waals surface area contributed by atoms with Crippen LogP contribution in [0.15, 0.2) is 0 Å². The van der Waals surface area contributed by atoms with Crippen LogP contribution in [0, 0.1) is 5.92 Å². The molecule has 0 aliphatic rings. The molecule has 0 unspecified atom stereocenters. The van der Waals surface area contributed by atoms with Crippen LogP contribution in [0.5, 0.6) is 0 Å². The summed E-state index contributed by atoms with van der Waals surface area (Å²) in [5, 5.41) is 4.43. The first kappa shape index (κ1) is 12.8. The van der Waals surface area contributed by atoms with Gasteiger partial charge in [0.05, 0.1) is 0 Å². The molecule has 0 saturated carbocycles. The quantitative estimate of drug-likeness (QED) is 0.801. The van der Waals surface area contributed by atoms with E-state index in [0.717, 1.165) is 32.0 Å². The topological polar surface area (TPSA) is 60.0 Å². The molecule has 5 heteroatoms. The van der Waals surface area contributed by atoms with Crippen molar-refractivity contribution in [3.8, 4) is 0 Å². The predicted molar refractivity (Wildman–Crippen MR) is 67.5 cm³/mol. The van der Waals surface area contributed by atoms with Gasteiger partial charge in [-0.1, -0.05) is 13.8 Å². The molecule has 5 nitrogen and oxygen atoms in total. The number of rotatable bonds is 6. The lowest BCUT2D eigenvalue weighted by Gasteiger charge is -2.15. The van der Waals surface area contributed by atoms with Crippen LogP contribution in [0.1, 0.15) is 34.1 Å². The molecule has 0 aliphatic heterocycles. The molecule has 0 fully saturated rings. The van der Waals surface area contributed by atoms with Gasteiger partial charge in [0, 0.05) is 19.6 Å². The summed E-state index contributed by atoms with van der Waals surface area (Å²) in [6.45, 7) is 11.2. The summed E-state index contributed by atoms with van der Waals surface area (Å²) < 4.78 is 1.80. The van der Waals surface area contributed by atoms with E-state index >= 15 is 0 Å². The maximum absolute atomic E-state index is 5.84. The summed E-state index contributed by atoms with van der Waals surface area (Å²) in [7, 11) is 0. The lowest BCUT2D eigenvalue weighted by Crippen LogP contribution is -2.23. The number of nitrogens with zero attached hydrogens (tertiary/aromatic N) is 4. The molecule has 0 amide bonds. The molecule has 2 N–H and O–H groups in total. The Morgan fingerprint density at radius 1 is 1.31 bits per heavy atom. The van der Waals surface area contributed by atoms with Gasteiger partial charge in [-0.2, -0.15) is 4.98 Å². The molecule has 0 radical (unpaired) electrons. The Kier molecular flexibility index (Phi) is 4.58. The lowest BCUT2D eigenvalue weighted by atomic mass is 10.1. The summed E-state index contributed by atoms with van der Waals surface area (Å²) >= 11 is 0. The summed E-state index contributed by atoms with van der Waals surface area (Å²) in [5.41, 5.74) is 5.84. The summed E-state index contributed by atoms with van der Waals surface area (Å²) in [5.74, 6) is 1.91. The molecule has 0 bridgehead atoms. The Bertz CT molecular complexity index is 314. The minimum Gasteiger partial charge on any atom is -0.368 e. The molecule has 92 valence electrons. The highest BCUT2D eigenvalue weighted by molar-refractivity contribution is 5.34. The Labute approximate surface area is 97.6 Å². The largest absolute Gasteiger partial charge is 0.368 e. The van der Waals surface area contributed by atoms with Crippen molar-refractivity contribution in [3.63, 3.8) is 0 Å². The zero-order valence-corrected chi connectivity index (χ0v) is 10.8. The van der Waals surface area contributed by atoms with Crippen LogP contribution in [-0.2, 0) is 6.54 Å². The van der Waals surface area contributed by atoms with Crippen molar-refractivity contribution in [2.75, 3.05) is 23.7 Å². The van der Waals surface area contributed by atoms with E-state index in [0.29, 0.717) is 11.9 Å². The fourth-order valence-corrected chi connectivity index (χ4v) is 1.53. The van der Waals surface area contributed by atoms with E-state index in [-0.39, 0.29) is 0 Å². The van der Waals surface area contributed by atoms with Gasteiger partial charge >= 0.3 is 0 Å². The third-order valence-electron chi connectivity index (χ3n) is 2.65. The molecule has 0 atom stereocenters. The smallest absolute Gasteiger partial charge is 0.246 e. The Morgan fingerprint density at radius 3 is 2.44 bits per heavy atom. The first-order valence-corrected chi connectivity index (χ1v) is 6.03. The third kappa shape index (κ3) is 3.12. The van der Waals surface area contributed by atoms with E-state index in [9.17, 15) is 0 Å². The molecule has 0 aromatic carbocycles. The highest BCUT2D eigenvalue weighted by Crippen LogP contribution is 2.12. The van der Waals surface area contributed by atoms with E-state index in [1.54, 1.807) is 4.68 Å². The number of hydrogen-bond donors (Lipinski definition) is 1. The van der Waals surface area contributed by atoms with Crippen molar-refractivity contribution >= 4 is 11.9 Å². The van der Waals surface area contributed by atoms with E-state index in [4.69, 9.17) is 5.73 Å². The first-order chi connectivity index (χ1) is 7.58. The Morgan fingerprint density at radius 2 is 1.94 bits per heavy atom. The van der Waals surface area contributed by atoms with Crippen molar-refractivity contribution in [1.82, 2.24) is 14.8 Å². The zero-order chi connectivity index (χ0) is 12.1. The van der Waals surface area contributed by atoms with Gasteiger partial charge in [-0.15, -0.1) is 5.10 Å². The SMILES string of the molecule is CCN(CC)c1nc(N)n(CCC(C)C)n1. The number of hydrogen-bond acceptors (Lipinski definition) is 4. The molecule has 1 aromatic rings. The van der Waals surface area contributed by atoms with Crippen molar-refractivity contribution < 1.29 is 0 Å². The van der Waals surface area contributed by atoms with Gasteiger partial charge in [0.25, 0.3) is 0 Å². The summed E-state index contributed by atoms with van der Waals surface area (Å²) in [4.78, 5) is 6.39. The van der Waals surface area contributed by atoms with Crippen LogP contribution >= 0.6 is 0 Å². The van der Waals surface area contributed by atoms with Gasteiger partial charge < -0.3 is 10.6 Å². The maximum Gasteiger partial charge on any atom is 0.246 e. The van der Waals surface area contributed by atoms with E-state index < -0.39 is 0 Å². The molecule has 1 rings (SSSR count). The van der Waals surface area contributed by atoms with Crippen LogP contribution in [0.25, 0.3) is 0 Å². The van der Waals surface area contributed by atoms with Crippen LogP contribution in [0.3, 0.4) is 0 Å². The standard InChI is InChI=1S/C11H23N5/c1-5-15(6-2)11-13-10(12)16(14-11)8-7-9(3)4/h9H,5-8H2,1-4H3,(H2,12,13,14). The first-order valence-electron chi connectivity index (χ1n) is 6.03. The molecule has 0 spiro atoms. The minimum atomic E-state index is 0.516. The number of aryl methyl sites for hydroxylation is 1. The second kappa shape index (κ2) is 5.72. The van der Waals surface area contributed by atoms with E-state index in [1.165, 1.54) is 0 Å². The van der Waals surface area contributed by atoms with Crippen LogP contribution < -0.4 is 10.6 Å². The second-order valence-corrected chi connectivity index (χ2v) is 4.35. The highest BCUT2D eigenvalue weighted by atomic mass is 15.4. The molecule has 0 saturated heterocycles. The fourth-order valence-electron chi connectivity index (χ4n) is 1.53. The molecule has 1 heterocycles. The van der Waals surface area contributed by atoms with Crippen molar-refractivity contribution in [3.05, 3.63) is 0 Å². The molecule has 0 aliphatic carbocycles. The zero-order valence-electron chi connectivity index (χ0n) is 10.8. The normalized spacial score (nSPS) is 11.1. The fraction of sp³-hybridized carbons (Fsp3) is 0.818. The number of anilines is 2. The van der Waals surface area contributed by atoms with Crippen LogP contribution in [0.2, 0.25) is 0 Å². The Hall–Kier alpha value is -1.26. The number of nitrogen functional groups attached to an aromatic ring is 1. The number of nitrogens with two attached hydrogens (primary N) is 1. The van der Waals surface area contributed by atoms with E-state index in [1.807, 2.05) is 0 Å². The van der Waals surface area contributed by atoms with Gasteiger partial charge in [0.2, 0.25) is 11.9 Å². The molecule has 16 heavy (non-hydrogen) atoms. The maximum atomic E-state index is 5.84. The number of aromatic nitrogens is 3. The van der Waals surface area contributed by atoms with E-state index in [2.05, 4.69) is 42.7 Å². The van der Waals surface area contributed by atoms with Gasteiger partial charge in [0.15, 0.2) is 0 Å². The van der Waals surface area contributed by atoms with Gasteiger partial charge in [-0.3, -0.25) is 0 Å². The minimum absolute atomic E-state index is 0.516. The molecule has 1 aromatic heterocycles. The average molecular weight is 225 g/mol. The third-order valence-corrected chi connectivity index (χ3v) is 2.65. The van der Waals surface area contributed by atoms with Crippen molar-refractivity contribution in [1.29, 1.82) is 0 Å². The summed E-state index contributed by atoms with van der Waals surface area (Å²) in [6.07, 6.45) is 1.07. The van der Waals surface area contributed by atoms with Crippen LogP contribution in [-0.4, -0.2) is 27.9 Å². The lowest BCUT2D eigenvalue weighted by molar-refractivity contribution is 0.490. The highest BCUT2D eigenvalue weighted by Gasteiger charge is 2.11.